The van der Waals surface area contributed by atoms with Crippen LogP contribution in [0.1, 0.15) is 70.4 Å². The number of halogens is 1. The molecule has 2 aliphatic carbocycles. The fourth-order valence-electron chi connectivity index (χ4n) is 6.61. The van der Waals surface area contributed by atoms with Crippen LogP contribution in [-0.4, -0.2) is 88.8 Å². The molecule has 1 saturated heterocycles. The van der Waals surface area contributed by atoms with Crippen molar-refractivity contribution in [1.29, 1.82) is 0 Å². The zero-order valence-electron chi connectivity index (χ0n) is 26.8. The van der Waals surface area contributed by atoms with Gasteiger partial charge in [0.2, 0.25) is 5.91 Å². The van der Waals surface area contributed by atoms with E-state index >= 15 is 0 Å². The predicted octanol–water partition coefficient (Wildman–Crippen LogP) is 4.50. The summed E-state index contributed by atoms with van der Waals surface area (Å²) < 4.78 is 30.6. The lowest BCUT2D eigenvalue weighted by atomic mass is 9.85. The first kappa shape index (κ1) is 33.2. The standard InChI is InChI=1S/C33H43FN4O8/c1-6-19-14-25(19)38(32(43)44-5)28(39)26-15-22(46-31(42)36-16-20-10-9-13-24(34)23(20)18-36)17-37(26)29(40)27(33(2,3)4)35-30(41)45-21-11-7-8-12-21/h6,9-10,13,19,21-22,25-27H,1,7-8,11-12,14-18H2,2-5H3,(H,35,41). The Morgan fingerprint density at radius 1 is 1.07 bits per heavy atom. The van der Waals surface area contributed by atoms with Gasteiger partial charge in [-0.1, -0.05) is 39.0 Å². The molecule has 5 atom stereocenters. The van der Waals surface area contributed by atoms with Crippen LogP contribution < -0.4 is 5.32 Å². The SMILES string of the molecule is C=CC1CC1N(C(=O)OC)C(=O)C1CC(OC(=O)N2Cc3cccc(F)c3C2)CN1C(=O)C(NC(=O)OC1CCCC1)C(C)(C)C. The molecule has 1 N–H and O–H groups in total. The van der Waals surface area contributed by atoms with Crippen LogP contribution in [0.5, 0.6) is 0 Å². The van der Waals surface area contributed by atoms with Gasteiger partial charge in [-0.3, -0.25) is 14.5 Å². The van der Waals surface area contributed by atoms with E-state index < -0.39 is 65.6 Å². The molecule has 2 heterocycles. The molecule has 5 rings (SSSR count). The number of likely N-dealkylation sites (tertiary alicyclic amines) is 1. The summed E-state index contributed by atoms with van der Waals surface area (Å²) in [5, 5.41) is 2.72. The Hall–Kier alpha value is -4.16. The molecule has 1 aromatic rings. The Labute approximate surface area is 268 Å². The molecule has 4 aliphatic rings. The molecule has 5 unspecified atom stereocenters. The van der Waals surface area contributed by atoms with Gasteiger partial charge in [-0.15, -0.1) is 6.58 Å². The Kier molecular flexibility index (Phi) is 9.59. The maximum atomic E-state index is 14.3. The number of carbonyl (C=O) groups excluding carboxylic acids is 5. The maximum Gasteiger partial charge on any atom is 0.416 e. The van der Waals surface area contributed by atoms with Crippen LogP contribution in [0.3, 0.4) is 0 Å². The largest absolute Gasteiger partial charge is 0.452 e. The predicted molar refractivity (Wildman–Crippen MR) is 162 cm³/mol. The zero-order chi connectivity index (χ0) is 33.3. The summed E-state index contributed by atoms with van der Waals surface area (Å²) in [7, 11) is 1.17. The smallest absolute Gasteiger partial charge is 0.416 e. The van der Waals surface area contributed by atoms with Crippen molar-refractivity contribution in [3.63, 3.8) is 0 Å². The van der Waals surface area contributed by atoms with Crippen molar-refractivity contribution in [2.45, 2.75) is 103 Å². The summed E-state index contributed by atoms with van der Waals surface area (Å²) >= 11 is 0. The van der Waals surface area contributed by atoms with E-state index in [1.165, 1.54) is 23.0 Å². The second-order valence-corrected chi connectivity index (χ2v) is 13.6. The first-order valence-electron chi connectivity index (χ1n) is 15.8. The zero-order valence-corrected chi connectivity index (χ0v) is 26.8. The molecule has 2 saturated carbocycles. The van der Waals surface area contributed by atoms with Gasteiger partial charge >= 0.3 is 18.3 Å². The van der Waals surface area contributed by atoms with Crippen molar-refractivity contribution >= 4 is 30.1 Å². The van der Waals surface area contributed by atoms with Crippen molar-refractivity contribution < 1.29 is 42.6 Å². The van der Waals surface area contributed by atoms with Crippen molar-refractivity contribution in [2.75, 3.05) is 13.7 Å². The summed E-state index contributed by atoms with van der Waals surface area (Å²) in [5.41, 5.74) is 0.285. The molecule has 46 heavy (non-hydrogen) atoms. The normalized spacial score (nSPS) is 24.5. The maximum absolute atomic E-state index is 14.3. The summed E-state index contributed by atoms with van der Waals surface area (Å²) in [6.07, 6.45) is 2.04. The molecule has 5 amide bonds. The second kappa shape index (κ2) is 13.3. The van der Waals surface area contributed by atoms with E-state index in [0.717, 1.165) is 30.6 Å². The van der Waals surface area contributed by atoms with E-state index in [1.54, 1.807) is 39.0 Å². The minimum absolute atomic E-state index is 0.0262. The van der Waals surface area contributed by atoms with Gasteiger partial charge in [0.25, 0.3) is 5.91 Å². The monoisotopic (exact) mass is 642 g/mol. The Morgan fingerprint density at radius 3 is 2.39 bits per heavy atom. The number of fused-ring (bicyclic) bond motifs is 1. The highest BCUT2D eigenvalue weighted by Gasteiger charge is 2.53. The molecule has 0 spiro atoms. The number of ether oxygens (including phenoxy) is 3. The number of nitrogens with one attached hydrogen (secondary N) is 1. The quantitative estimate of drug-likeness (QED) is 0.340. The second-order valence-electron chi connectivity index (χ2n) is 13.6. The van der Waals surface area contributed by atoms with E-state index in [1.807, 2.05) is 0 Å². The molecule has 12 nitrogen and oxygen atoms in total. The van der Waals surface area contributed by atoms with Gasteiger partial charge in [0.15, 0.2) is 0 Å². The highest BCUT2D eigenvalue weighted by Crippen LogP contribution is 2.39. The summed E-state index contributed by atoms with van der Waals surface area (Å²) in [5.74, 6) is -1.79. The highest BCUT2D eigenvalue weighted by atomic mass is 19.1. The molecule has 13 heteroatoms. The van der Waals surface area contributed by atoms with Gasteiger partial charge in [0, 0.05) is 18.5 Å². The minimum atomic E-state index is -1.19. The van der Waals surface area contributed by atoms with Crippen LogP contribution in [-0.2, 0) is 36.9 Å². The third-order valence-corrected chi connectivity index (χ3v) is 9.28. The van der Waals surface area contributed by atoms with E-state index in [4.69, 9.17) is 14.2 Å². The lowest BCUT2D eigenvalue weighted by Crippen LogP contribution is -2.59. The number of alkyl carbamates (subject to hydrolysis) is 1. The van der Waals surface area contributed by atoms with Crippen molar-refractivity contribution in [3.8, 4) is 0 Å². The lowest BCUT2D eigenvalue weighted by molar-refractivity contribution is -0.145. The van der Waals surface area contributed by atoms with Crippen LogP contribution in [0.25, 0.3) is 0 Å². The highest BCUT2D eigenvalue weighted by molar-refractivity contribution is 5.99. The van der Waals surface area contributed by atoms with Crippen molar-refractivity contribution in [2.24, 2.45) is 11.3 Å². The Balaban J connectivity index is 1.37. The van der Waals surface area contributed by atoms with E-state index in [-0.39, 0.29) is 38.1 Å². The Bertz CT molecular complexity index is 1390. The molecule has 3 fully saturated rings. The lowest BCUT2D eigenvalue weighted by Gasteiger charge is -2.36. The van der Waals surface area contributed by atoms with E-state index in [9.17, 15) is 28.4 Å². The molecule has 250 valence electrons. The van der Waals surface area contributed by atoms with Crippen LogP contribution in [0.2, 0.25) is 0 Å². The topological polar surface area (TPSA) is 135 Å². The first-order chi connectivity index (χ1) is 21.8. The molecular weight excluding hydrogens is 599 g/mol. The van der Waals surface area contributed by atoms with Gasteiger partial charge in [-0.05, 0) is 55.1 Å². The summed E-state index contributed by atoms with van der Waals surface area (Å²) in [4.78, 5) is 71.0. The van der Waals surface area contributed by atoms with Gasteiger partial charge in [-0.2, -0.15) is 0 Å². The number of nitrogens with zero attached hydrogens (tertiary/aromatic N) is 3. The van der Waals surface area contributed by atoms with Crippen LogP contribution >= 0.6 is 0 Å². The van der Waals surface area contributed by atoms with E-state index in [2.05, 4.69) is 11.9 Å². The fourth-order valence-corrected chi connectivity index (χ4v) is 6.61. The molecule has 0 aromatic heterocycles. The van der Waals surface area contributed by atoms with Crippen LogP contribution in [0.4, 0.5) is 18.8 Å². The minimum Gasteiger partial charge on any atom is -0.452 e. The number of benzene rings is 1. The van der Waals surface area contributed by atoms with Crippen molar-refractivity contribution in [1.82, 2.24) is 20.0 Å². The van der Waals surface area contributed by atoms with Crippen molar-refractivity contribution in [3.05, 3.63) is 47.8 Å². The molecule has 0 radical (unpaired) electrons. The van der Waals surface area contributed by atoms with Gasteiger partial charge in [0.05, 0.1) is 26.2 Å². The number of amides is 5. The number of hydrogen-bond donors (Lipinski definition) is 1. The summed E-state index contributed by atoms with van der Waals surface area (Å²) in [6, 6.07) is 1.87. The Morgan fingerprint density at radius 2 is 1.78 bits per heavy atom. The molecule has 1 aromatic carbocycles. The van der Waals surface area contributed by atoms with Crippen LogP contribution in [0.15, 0.2) is 30.9 Å². The number of carbonyl (C=O) groups is 5. The number of rotatable bonds is 7. The average Bonchev–Trinajstić information content (AvgIpc) is 3.36. The van der Waals surface area contributed by atoms with Gasteiger partial charge in [0.1, 0.15) is 30.1 Å². The van der Waals surface area contributed by atoms with Gasteiger partial charge < -0.3 is 24.4 Å². The van der Waals surface area contributed by atoms with E-state index in [0.29, 0.717) is 17.5 Å². The molecular formula is C33H43FN4O8. The third kappa shape index (κ3) is 6.97. The number of imide groups is 1. The molecule has 2 aliphatic heterocycles. The van der Waals surface area contributed by atoms with Gasteiger partial charge in [-0.25, -0.2) is 23.7 Å². The van der Waals surface area contributed by atoms with Crippen LogP contribution in [0, 0.1) is 17.2 Å². The average molecular weight is 643 g/mol. The number of methoxy groups -OCH3 is 1. The number of hydrogen-bond acceptors (Lipinski definition) is 8. The summed E-state index contributed by atoms with van der Waals surface area (Å²) in [6.45, 7) is 9.12. The first-order valence-corrected chi connectivity index (χ1v) is 15.8. The molecule has 0 bridgehead atoms. The third-order valence-electron chi connectivity index (χ3n) is 9.28. The fraction of sp³-hybridized carbons (Fsp3) is 0.606.